The van der Waals surface area contributed by atoms with Crippen LogP contribution in [0, 0.1) is 0 Å². The molecule has 1 amide bonds. The molecule has 1 fully saturated rings. The van der Waals surface area contributed by atoms with Gasteiger partial charge in [-0.1, -0.05) is 25.1 Å². The largest absolute Gasteiger partial charge is 0.339 e. The number of hydrogen-bond donors (Lipinski definition) is 1. The Balaban J connectivity index is 1.18. The number of nitrogens with one attached hydrogen (secondary N) is 1. The lowest BCUT2D eigenvalue weighted by molar-refractivity contribution is 0.0964. The smallest absolute Gasteiger partial charge is 0.274 e. The summed E-state index contributed by atoms with van der Waals surface area (Å²) < 4.78 is 3.89. The minimum Gasteiger partial charge on any atom is -0.339 e. The summed E-state index contributed by atoms with van der Waals surface area (Å²) in [7, 11) is 3.96. The Morgan fingerprint density at radius 3 is 2.55 bits per heavy atom. The molecule has 0 saturated carbocycles. The Bertz CT molecular complexity index is 1760. The van der Waals surface area contributed by atoms with Crippen molar-refractivity contribution in [3.63, 3.8) is 0 Å². The lowest BCUT2D eigenvalue weighted by Crippen LogP contribution is -2.41. The van der Waals surface area contributed by atoms with Crippen molar-refractivity contribution in [3.05, 3.63) is 93.3 Å². The topological polar surface area (TPSA) is 75.4 Å². The van der Waals surface area contributed by atoms with Gasteiger partial charge in [0.25, 0.3) is 11.5 Å². The number of carbonyl (C=O) groups is 1. The van der Waals surface area contributed by atoms with Gasteiger partial charge in [-0.25, -0.2) is 4.98 Å². The molecule has 0 atom stereocenters. The maximum absolute atomic E-state index is 13.9. The lowest BCUT2D eigenvalue weighted by Gasteiger charge is -2.32. The molecule has 0 radical (unpaired) electrons. The molecule has 7 rings (SSSR count). The van der Waals surface area contributed by atoms with E-state index in [4.69, 9.17) is 0 Å². The van der Waals surface area contributed by atoms with Gasteiger partial charge in [0.15, 0.2) is 0 Å². The standard InChI is InChI=1S/C36H42N6O2/c1-4-28-29(9-7-11-32(28)42-19-18-41-31-10-6-5-8-25(31)21-33(41)36(42)44)27-20-30(35(43)40(3)23-27)38-34-13-12-26(22-37-34)24-14-16-39(2)17-15-24/h7,9,11-13,20-24H,4-6,8,10,14-19H2,1-3H3,(H,37,38). The third kappa shape index (κ3) is 5.15. The number of benzene rings is 1. The summed E-state index contributed by atoms with van der Waals surface area (Å²) in [6.45, 7) is 5.82. The van der Waals surface area contributed by atoms with Crippen LogP contribution in [0.3, 0.4) is 0 Å². The van der Waals surface area contributed by atoms with Gasteiger partial charge in [-0.15, -0.1) is 0 Å². The molecule has 1 saturated heterocycles. The fraction of sp³-hybridized carbons (Fsp3) is 0.417. The van der Waals surface area contributed by atoms with E-state index >= 15 is 0 Å². The van der Waals surface area contributed by atoms with Crippen molar-refractivity contribution in [2.24, 2.45) is 7.05 Å². The van der Waals surface area contributed by atoms with Crippen molar-refractivity contribution in [2.75, 3.05) is 36.9 Å². The molecule has 3 aromatic heterocycles. The zero-order valence-corrected chi connectivity index (χ0v) is 26.1. The predicted octanol–water partition coefficient (Wildman–Crippen LogP) is 5.90. The summed E-state index contributed by atoms with van der Waals surface area (Å²) in [4.78, 5) is 36.1. The minimum absolute atomic E-state index is 0.0788. The number of pyridine rings is 2. The van der Waals surface area contributed by atoms with Gasteiger partial charge in [0, 0.05) is 49.5 Å². The summed E-state index contributed by atoms with van der Waals surface area (Å²) >= 11 is 0. The number of carbonyl (C=O) groups excluding carboxylic acids is 1. The Morgan fingerprint density at radius 2 is 1.77 bits per heavy atom. The number of hydrogen-bond acceptors (Lipinski definition) is 5. The van der Waals surface area contributed by atoms with Crippen LogP contribution in [0.25, 0.3) is 11.1 Å². The Labute approximate surface area is 259 Å². The number of nitrogens with zero attached hydrogens (tertiary/aromatic N) is 5. The van der Waals surface area contributed by atoms with Crippen LogP contribution in [0.2, 0.25) is 0 Å². The van der Waals surface area contributed by atoms with Crippen LogP contribution in [0.4, 0.5) is 17.2 Å². The second kappa shape index (κ2) is 11.7. The highest BCUT2D eigenvalue weighted by molar-refractivity contribution is 6.07. The van der Waals surface area contributed by atoms with Crippen LogP contribution >= 0.6 is 0 Å². The van der Waals surface area contributed by atoms with E-state index in [-0.39, 0.29) is 11.5 Å². The highest BCUT2D eigenvalue weighted by atomic mass is 16.2. The van der Waals surface area contributed by atoms with E-state index in [0.29, 0.717) is 24.0 Å². The van der Waals surface area contributed by atoms with Gasteiger partial charge in [0.05, 0.1) is 0 Å². The van der Waals surface area contributed by atoms with E-state index in [0.717, 1.165) is 79.8 Å². The second-order valence-electron chi connectivity index (χ2n) is 12.7. The number of likely N-dealkylation sites (tertiary alicyclic amines) is 1. The van der Waals surface area contributed by atoms with Gasteiger partial charge in [0.2, 0.25) is 0 Å². The zero-order valence-electron chi connectivity index (χ0n) is 26.1. The van der Waals surface area contributed by atoms with Gasteiger partial charge in [0.1, 0.15) is 17.2 Å². The average molecular weight is 591 g/mol. The van der Waals surface area contributed by atoms with Gasteiger partial charge in [-0.2, -0.15) is 0 Å². The molecule has 228 valence electrons. The molecule has 3 aliphatic rings. The summed E-state index contributed by atoms with van der Waals surface area (Å²) in [5, 5.41) is 3.30. The van der Waals surface area contributed by atoms with Gasteiger partial charge < -0.3 is 24.3 Å². The predicted molar refractivity (Wildman–Crippen MR) is 176 cm³/mol. The summed E-state index contributed by atoms with van der Waals surface area (Å²) in [5.74, 6) is 1.27. The van der Waals surface area contributed by atoms with Gasteiger partial charge in [-0.3, -0.25) is 9.59 Å². The van der Waals surface area contributed by atoms with Gasteiger partial charge in [-0.05, 0) is 118 Å². The number of rotatable bonds is 6. The van der Waals surface area contributed by atoms with Crippen molar-refractivity contribution in [1.29, 1.82) is 0 Å². The fourth-order valence-electron chi connectivity index (χ4n) is 7.49. The van der Waals surface area contributed by atoms with Crippen molar-refractivity contribution in [2.45, 2.75) is 64.3 Å². The molecule has 44 heavy (non-hydrogen) atoms. The van der Waals surface area contributed by atoms with E-state index in [1.807, 2.05) is 35.5 Å². The first-order valence-corrected chi connectivity index (χ1v) is 16.2. The maximum atomic E-state index is 13.9. The molecule has 0 spiro atoms. The van der Waals surface area contributed by atoms with Crippen molar-refractivity contribution >= 4 is 23.1 Å². The number of amides is 1. The Hall–Kier alpha value is -4.17. The van der Waals surface area contributed by atoms with Crippen molar-refractivity contribution in [3.8, 4) is 11.1 Å². The number of aromatic nitrogens is 3. The zero-order chi connectivity index (χ0) is 30.4. The molecule has 8 nitrogen and oxygen atoms in total. The number of anilines is 3. The van der Waals surface area contributed by atoms with Crippen LogP contribution in [0.5, 0.6) is 0 Å². The van der Waals surface area contributed by atoms with Gasteiger partial charge >= 0.3 is 0 Å². The first-order valence-electron chi connectivity index (χ1n) is 16.2. The molecular formula is C36H42N6O2. The second-order valence-corrected chi connectivity index (χ2v) is 12.7. The molecule has 5 heterocycles. The molecule has 1 aromatic carbocycles. The highest BCUT2D eigenvalue weighted by Crippen LogP contribution is 2.36. The fourth-order valence-corrected chi connectivity index (χ4v) is 7.49. The van der Waals surface area contributed by atoms with E-state index in [1.165, 1.54) is 29.7 Å². The van der Waals surface area contributed by atoms with E-state index in [1.54, 1.807) is 11.6 Å². The number of aryl methyl sites for hydroxylation is 2. The number of fused-ring (bicyclic) bond motifs is 3. The molecule has 1 N–H and O–H groups in total. The maximum Gasteiger partial charge on any atom is 0.274 e. The average Bonchev–Trinajstić information content (AvgIpc) is 3.43. The molecule has 0 bridgehead atoms. The summed E-state index contributed by atoms with van der Waals surface area (Å²) in [5.41, 5.74) is 9.18. The minimum atomic E-state index is -0.111. The normalized spacial score (nSPS) is 17.4. The monoisotopic (exact) mass is 590 g/mol. The Kier molecular flexibility index (Phi) is 7.62. The molecular weight excluding hydrogens is 548 g/mol. The third-order valence-electron chi connectivity index (χ3n) is 9.95. The van der Waals surface area contributed by atoms with E-state index in [2.05, 4.69) is 58.0 Å². The summed E-state index contributed by atoms with van der Waals surface area (Å²) in [6.07, 6.45) is 11.4. The van der Waals surface area contributed by atoms with Crippen LogP contribution in [-0.2, 0) is 32.9 Å². The quantitative estimate of drug-likeness (QED) is 0.303. The molecule has 2 aliphatic heterocycles. The molecule has 0 unspecified atom stereocenters. The first-order chi connectivity index (χ1) is 21.4. The molecule has 8 heteroatoms. The van der Waals surface area contributed by atoms with Crippen LogP contribution in [0.15, 0.2) is 59.7 Å². The highest BCUT2D eigenvalue weighted by Gasteiger charge is 2.31. The van der Waals surface area contributed by atoms with Crippen LogP contribution < -0.4 is 15.8 Å². The third-order valence-corrected chi connectivity index (χ3v) is 9.95. The van der Waals surface area contributed by atoms with Crippen molar-refractivity contribution < 1.29 is 4.79 Å². The van der Waals surface area contributed by atoms with Crippen LogP contribution in [0.1, 0.15) is 71.4 Å². The number of piperidine rings is 1. The SMILES string of the molecule is CCc1c(-c2cc(Nc3ccc(C4CCN(C)CC4)cn3)c(=O)n(C)c2)cccc1N1CCn2c(cc3c2CCCC3)C1=O. The first kappa shape index (κ1) is 28.6. The molecule has 1 aliphatic carbocycles. The lowest BCUT2D eigenvalue weighted by atomic mass is 9.91. The molecule has 4 aromatic rings. The van der Waals surface area contributed by atoms with E-state index in [9.17, 15) is 9.59 Å². The van der Waals surface area contributed by atoms with Crippen molar-refractivity contribution in [1.82, 2.24) is 19.0 Å². The van der Waals surface area contributed by atoms with E-state index < -0.39 is 0 Å². The summed E-state index contributed by atoms with van der Waals surface area (Å²) in [6, 6.07) is 14.4. The Morgan fingerprint density at radius 1 is 0.955 bits per heavy atom. The van der Waals surface area contributed by atoms with Crippen LogP contribution in [-0.4, -0.2) is 51.6 Å².